The van der Waals surface area contributed by atoms with Gasteiger partial charge in [-0.1, -0.05) is 37.9 Å². The third-order valence-electron chi connectivity index (χ3n) is 5.40. The van der Waals surface area contributed by atoms with Crippen LogP contribution in [0.15, 0.2) is 103 Å². The Morgan fingerprint density at radius 2 is 1.49 bits per heavy atom. The van der Waals surface area contributed by atoms with Crippen LogP contribution >= 0.6 is 47.8 Å². The van der Waals surface area contributed by atoms with Gasteiger partial charge in [-0.2, -0.15) is 5.10 Å². The Morgan fingerprint density at radius 1 is 0.805 bits per heavy atom. The number of esters is 1. The molecule has 13 heteroatoms. The van der Waals surface area contributed by atoms with Gasteiger partial charge in [-0.25, -0.2) is 10.2 Å². The van der Waals surface area contributed by atoms with E-state index in [0.29, 0.717) is 25.8 Å². The van der Waals surface area contributed by atoms with Gasteiger partial charge >= 0.3 is 5.97 Å². The van der Waals surface area contributed by atoms with Crippen molar-refractivity contribution in [3.05, 3.63) is 131 Å². The van der Waals surface area contributed by atoms with Gasteiger partial charge in [-0.15, -0.1) is 0 Å². The highest BCUT2D eigenvalue weighted by molar-refractivity contribution is 9.11. The van der Waals surface area contributed by atoms with E-state index in [1.807, 2.05) is 0 Å². The molecule has 206 valence electrons. The summed E-state index contributed by atoms with van der Waals surface area (Å²) < 4.78 is 7.59. The molecule has 0 bridgehead atoms. The first-order valence-corrected chi connectivity index (χ1v) is 13.9. The van der Waals surface area contributed by atoms with Gasteiger partial charge < -0.3 is 10.1 Å². The van der Waals surface area contributed by atoms with Crippen LogP contribution < -0.4 is 15.5 Å². The van der Waals surface area contributed by atoms with Crippen molar-refractivity contribution in [3.63, 3.8) is 0 Å². The topological polar surface area (TPSA) is 140 Å². The van der Waals surface area contributed by atoms with Crippen LogP contribution in [0.3, 0.4) is 0 Å². The van der Waals surface area contributed by atoms with E-state index in [4.69, 9.17) is 4.74 Å². The van der Waals surface area contributed by atoms with E-state index in [1.165, 1.54) is 42.6 Å². The molecular formula is C28H17Br3N4O6. The second-order valence-corrected chi connectivity index (χ2v) is 10.9. The Kier molecular flexibility index (Phi) is 9.76. The highest BCUT2D eigenvalue weighted by atomic mass is 79.9. The summed E-state index contributed by atoms with van der Waals surface area (Å²) in [4.78, 5) is 48.2. The fraction of sp³-hybridized carbons (Fsp3) is 0. The fourth-order valence-electron chi connectivity index (χ4n) is 3.42. The van der Waals surface area contributed by atoms with Crippen LogP contribution in [0.25, 0.3) is 0 Å². The lowest BCUT2D eigenvalue weighted by Crippen LogP contribution is -2.18. The van der Waals surface area contributed by atoms with Crippen molar-refractivity contribution in [1.82, 2.24) is 5.43 Å². The van der Waals surface area contributed by atoms with Crippen LogP contribution in [-0.4, -0.2) is 28.9 Å². The second kappa shape index (κ2) is 13.4. The number of hydrazone groups is 1. The molecular weight excluding hydrogens is 728 g/mol. The molecule has 0 spiro atoms. The molecule has 10 nitrogen and oxygen atoms in total. The van der Waals surface area contributed by atoms with Crippen LogP contribution in [-0.2, 0) is 0 Å². The van der Waals surface area contributed by atoms with Crippen molar-refractivity contribution in [1.29, 1.82) is 0 Å². The summed E-state index contributed by atoms with van der Waals surface area (Å²) in [5.74, 6) is -1.43. The number of nitro benzene ring substituents is 1. The number of benzene rings is 4. The van der Waals surface area contributed by atoms with E-state index >= 15 is 0 Å². The maximum absolute atomic E-state index is 12.7. The summed E-state index contributed by atoms with van der Waals surface area (Å²) in [6, 6.07) is 21.4. The molecule has 4 aromatic rings. The predicted molar refractivity (Wildman–Crippen MR) is 163 cm³/mol. The molecule has 0 heterocycles. The average molecular weight is 745 g/mol. The minimum atomic E-state index is -0.577. The van der Waals surface area contributed by atoms with Crippen LogP contribution in [0.1, 0.15) is 36.6 Å². The molecule has 0 saturated carbocycles. The zero-order chi connectivity index (χ0) is 29.5. The molecule has 0 aliphatic heterocycles. The number of nitro groups is 1. The van der Waals surface area contributed by atoms with E-state index < -0.39 is 22.7 Å². The molecule has 4 aromatic carbocycles. The van der Waals surface area contributed by atoms with Gasteiger partial charge in [0.05, 0.1) is 21.2 Å². The molecule has 0 aliphatic carbocycles. The minimum absolute atomic E-state index is 0.133. The summed E-state index contributed by atoms with van der Waals surface area (Å²) in [7, 11) is 0. The number of hydrogen-bond acceptors (Lipinski definition) is 7. The van der Waals surface area contributed by atoms with Gasteiger partial charge in [0, 0.05) is 43.5 Å². The summed E-state index contributed by atoms with van der Waals surface area (Å²) in [5.41, 5.74) is 3.79. The Labute approximate surface area is 258 Å². The van der Waals surface area contributed by atoms with E-state index in [1.54, 1.807) is 48.5 Å². The first kappa shape index (κ1) is 29.8. The first-order valence-electron chi connectivity index (χ1n) is 11.6. The molecule has 0 atom stereocenters. The molecule has 2 amide bonds. The quantitative estimate of drug-likeness (QED) is 0.0648. The fourth-order valence-corrected chi connectivity index (χ4v) is 5.03. The van der Waals surface area contributed by atoms with E-state index in [-0.39, 0.29) is 22.6 Å². The van der Waals surface area contributed by atoms with Crippen LogP contribution in [0.4, 0.5) is 11.4 Å². The number of nitrogens with zero attached hydrogens (tertiary/aromatic N) is 2. The number of non-ortho nitro benzene ring substituents is 1. The smallest absolute Gasteiger partial charge is 0.343 e. The number of carbonyl (C=O) groups is 3. The van der Waals surface area contributed by atoms with Crippen molar-refractivity contribution in [2.45, 2.75) is 0 Å². The number of anilines is 1. The summed E-state index contributed by atoms with van der Waals surface area (Å²) in [5, 5.41) is 17.5. The Morgan fingerprint density at radius 3 is 2.17 bits per heavy atom. The number of rotatable bonds is 8. The molecule has 2 N–H and O–H groups in total. The lowest BCUT2D eigenvalue weighted by Gasteiger charge is -2.11. The third-order valence-corrected chi connectivity index (χ3v) is 6.98. The van der Waals surface area contributed by atoms with Gasteiger partial charge in [-0.05, 0) is 82.7 Å². The van der Waals surface area contributed by atoms with Gasteiger partial charge in [0.2, 0.25) is 0 Å². The van der Waals surface area contributed by atoms with Gasteiger partial charge in [-0.3, -0.25) is 19.7 Å². The lowest BCUT2D eigenvalue weighted by atomic mass is 10.1. The highest BCUT2D eigenvalue weighted by Gasteiger charge is 2.16. The highest BCUT2D eigenvalue weighted by Crippen LogP contribution is 2.33. The number of amides is 2. The molecule has 0 radical (unpaired) electrons. The van der Waals surface area contributed by atoms with E-state index in [0.717, 1.165) is 4.47 Å². The number of halogens is 3. The molecule has 0 unspecified atom stereocenters. The van der Waals surface area contributed by atoms with Crippen molar-refractivity contribution in [2.24, 2.45) is 5.10 Å². The zero-order valence-corrected chi connectivity index (χ0v) is 25.4. The summed E-state index contributed by atoms with van der Waals surface area (Å²) in [6.07, 6.45) is 1.33. The van der Waals surface area contributed by atoms with Crippen molar-refractivity contribution in [3.8, 4) is 5.75 Å². The molecule has 0 aromatic heterocycles. The predicted octanol–water partition coefficient (Wildman–Crippen LogP) is 7.12. The average Bonchev–Trinajstić information content (AvgIpc) is 2.95. The van der Waals surface area contributed by atoms with E-state index in [9.17, 15) is 24.5 Å². The van der Waals surface area contributed by atoms with Gasteiger partial charge in [0.1, 0.15) is 0 Å². The minimum Gasteiger partial charge on any atom is -0.421 e. The number of carbonyl (C=O) groups excluding carboxylic acids is 3. The van der Waals surface area contributed by atoms with Crippen LogP contribution in [0, 0.1) is 10.1 Å². The van der Waals surface area contributed by atoms with Gasteiger partial charge in [0.15, 0.2) is 5.75 Å². The Hall–Kier alpha value is -4.20. The molecule has 41 heavy (non-hydrogen) atoms. The first-order chi connectivity index (χ1) is 19.6. The largest absolute Gasteiger partial charge is 0.421 e. The molecule has 0 aliphatic rings. The van der Waals surface area contributed by atoms with Crippen LogP contribution in [0.2, 0.25) is 0 Å². The second-order valence-electron chi connectivity index (χ2n) is 8.24. The third kappa shape index (κ3) is 7.93. The molecule has 0 fully saturated rings. The van der Waals surface area contributed by atoms with Crippen molar-refractivity contribution < 1.29 is 24.0 Å². The zero-order valence-electron chi connectivity index (χ0n) is 20.6. The van der Waals surface area contributed by atoms with Crippen molar-refractivity contribution in [2.75, 3.05) is 5.32 Å². The molecule has 0 saturated heterocycles. The molecule has 4 rings (SSSR count). The van der Waals surface area contributed by atoms with Crippen molar-refractivity contribution >= 4 is 83.2 Å². The summed E-state index contributed by atoms with van der Waals surface area (Å²) in [6.45, 7) is 0. The SMILES string of the molecule is O=C(NN=Cc1cc(Br)cc(Br)c1OC(=O)c1ccc(Br)cc1)c1cccc(NC(=O)c2ccc([N+](=O)[O-])cc2)c1. The maximum atomic E-state index is 12.7. The Balaban J connectivity index is 1.44. The number of hydrogen-bond donors (Lipinski definition) is 2. The summed E-state index contributed by atoms with van der Waals surface area (Å²) >= 11 is 10.1. The number of ether oxygens (including phenoxy) is 1. The van der Waals surface area contributed by atoms with Crippen LogP contribution in [0.5, 0.6) is 5.75 Å². The number of nitrogens with one attached hydrogen (secondary N) is 2. The normalized spacial score (nSPS) is 10.7. The lowest BCUT2D eigenvalue weighted by molar-refractivity contribution is -0.384. The van der Waals surface area contributed by atoms with E-state index in [2.05, 4.69) is 63.6 Å². The standard InChI is InChI=1S/C28H17Br3N4O6/c29-20-8-4-17(5-9-20)28(38)41-25-19(12-21(30)14-24(25)31)15-32-34-27(37)18-2-1-3-22(13-18)33-26(36)16-6-10-23(11-7-16)35(39)40/h1-15H,(H,33,36)(H,34,37). The van der Waals surface area contributed by atoms with Gasteiger partial charge in [0.25, 0.3) is 17.5 Å². The Bertz CT molecular complexity index is 1680. The maximum Gasteiger partial charge on any atom is 0.343 e. The monoisotopic (exact) mass is 742 g/mol.